The van der Waals surface area contributed by atoms with Gasteiger partial charge in [0.2, 0.25) is 5.91 Å². The van der Waals surface area contributed by atoms with Crippen LogP contribution in [0.2, 0.25) is 0 Å². The van der Waals surface area contributed by atoms with Crippen LogP contribution >= 0.6 is 0 Å². The summed E-state index contributed by atoms with van der Waals surface area (Å²) in [7, 11) is 1.71. The summed E-state index contributed by atoms with van der Waals surface area (Å²) >= 11 is 0. The summed E-state index contributed by atoms with van der Waals surface area (Å²) in [6, 6.07) is 0. The number of carbonyl (C=O) groups excluding carboxylic acids is 1. The molecule has 2 rings (SSSR count). The van der Waals surface area contributed by atoms with Crippen molar-refractivity contribution >= 4 is 5.91 Å². The number of methoxy groups -OCH3 is 1. The highest BCUT2D eigenvalue weighted by Crippen LogP contribution is 2.45. The summed E-state index contributed by atoms with van der Waals surface area (Å²) in [4.78, 5) is 14.8. The van der Waals surface area contributed by atoms with Crippen molar-refractivity contribution in [2.45, 2.75) is 51.0 Å². The quantitative estimate of drug-likeness (QED) is 0.691. The molecule has 122 valence electrons. The molecule has 1 saturated carbocycles. The number of rotatable bonds is 8. The fourth-order valence-corrected chi connectivity index (χ4v) is 3.37. The number of likely N-dealkylation sites (tertiary alicyclic amines) is 1. The molecule has 1 aliphatic carbocycles. The zero-order chi connectivity index (χ0) is 15.1. The predicted molar refractivity (Wildman–Crippen MR) is 82.0 cm³/mol. The van der Waals surface area contributed by atoms with Crippen molar-refractivity contribution in [3.63, 3.8) is 0 Å². The Morgan fingerprint density at radius 2 is 2.00 bits per heavy atom. The second kappa shape index (κ2) is 8.11. The Balaban J connectivity index is 1.77. The second-order valence-electron chi connectivity index (χ2n) is 6.38. The van der Waals surface area contributed by atoms with Crippen molar-refractivity contribution in [1.82, 2.24) is 4.90 Å². The fourth-order valence-electron chi connectivity index (χ4n) is 3.37. The van der Waals surface area contributed by atoms with Gasteiger partial charge in [0, 0.05) is 33.4 Å². The van der Waals surface area contributed by atoms with Crippen molar-refractivity contribution in [3.8, 4) is 0 Å². The summed E-state index contributed by atoms with van der Waals surface area (Å²) in [5.74, 6) is 0.353. The van der Waals surface area contributed by atoms with Crippen molar-refractivity contribution < 1.29 is 14.3 Å². The molecule has 5 heteroatoms. The molecule has 21 heavy (non-hydrogen) atoms. The van der Waals surface area contributed by atoms with Crippen molar-refractivity contribution in [2.24, 2.45) is 11.1 Å². The third kappa shape index (κ3) is 4.18. The molecule has 0 spiro atoms. The SMILES string of the molecule is COCCC1(C(=O)N2CCC(OCCCN)CC2)CCC1. The molecule has 0 aromatic rings. The van der Waals surface area contributed by atoms with E-state index < -0.39 is 0 Å². The van der Waals surface area contributed by atoms with Gasteiger partial charge in [0.05, 0.1) is 11.5 Å². The van der Waals surface area contributed by atoms with Crippen LogP contribution in [-0.2, 0) is 14.3 Å². The number of nitrogens with two attached hydrogens (primary N) is 1. The van der Waals surface area contributed by atoms with Crippen LogP contribution in [0.25, 0.3) is 0 Å². The maximum absolute atomic E-state index is 12.8. The maximum Gasteiger partial charge on any atom is 0.228 e. The zero-order valence-corrected chi connectivity index (χ0v) is 13.3. The van der Waals surface area contributed by atoms with E-state index in [1.807, 2.05) is 0 Å². The lowest BCUT2D eigenvalue weighted by Crippen LogP contribution is -2.51. The predicted octanol–water partition coefficient (Wildman–Crippen LogP) is 1.55. The topological polar surface area (TPSA) is 64.8 Å². The first-order valence-corrected chi connectivity index (χ1v) is 8.32. The molecular weight excluding hydrogens is 268 g/mol. The van der Waals surface area contributed by atoms with Gasteiger partial charge in [0.1, 0.15) is 0 Å². The Kier molecular flexibility index (Phi) is 6.45. The Hall–Kier alpha value is -0.650. The van der Waals surface area contributed by atoms with Gasteiger partial charge < -0.3 is 20.1 Å². The third-order valence-electron chi connectivity index (χ3n) is 4.98. The third-order valence-corrected chi connectivity index (χ3v) is 4.98. The molecule has 0 unspecified atom stereocenters. The monoisotopic (exact) mass is 298 g/mol. The molecule has 1 amide bonds. The van der Waals surface area contributed by atoms with Crippen LogP contribution in [0.15, 0.2) is 0 Å². The average Bonchev–Trinajstić information content (AvgIpc) is 2.47. The fraction of sp³-hybridized carbons (Fsp3) is 0.938. The molecule has 2 fully saturated rings. The summed E-state index contributed by atoms with van der Waals surface area (Å²) in [6.45, 7) is 3.78. The van der Waals surface area contributed by atoms with Gasteiger partial charge in [-0.3, -0.25) is 4.79 Å². The van der Waals surface area contributed by atoms with E-state index >= 15 is 0 Å². The molecule has 1 saturated heterocycles. The van der Waals surface area contributed by atoms with Crippen LogP contribution in [0.4, 0.5) is 0 Å². The van der Waals surface area contributed by atoms with Crippen LogP contribution in [0.1, 0.15) is 44.9 Å². The van der Waals surface area contributed by atoms with Crippen LogP contribution in [0.5, 0.6) is 0 Å². The van der Waals surface area contributed by atoms with Crippen molar-refractivity contribution in [1.29, 1.82) is 0 Å². The van der Waals surface area contributed by atoms with E-state index in [2.05, 4.69) is 4.90 Å². The van der Waals surface area contributed by atoms with E-state index in [0.29, 0.717) is 25.2 Å². The zero-order valence-electron chi connectivity index (χ0n) is 13.3. The first-order chi connectivity index (χ1) is 10.2. The molecule has 2 N–H and O–H groups in total. The van der Waals surface area contributed by atoms with Gasteiger partial charge in [-0.1, -0.05) is 6.42 Å². The number of piperidine rings is 1. The number of hydrogen-bond acceptors (Lipinski definition) is 4. The maximum atomic E-state index is 12.8. The molecule has 1 aliphatic heterocycles. The number of hydrogen-bond donors (Lipinski definition) is 1. The smallest absolute Gasteiger partial charge is 0.228 e. The number of carbonyl (C=O) groups is 1. The highest BCUT2D eigenvalue weighted by molar-refractivity contribution is 5.83. The largest absolute Gasteiger partial charge is 0.385 e. The molecule has 5 nitrogen and oxygen atoms in total. The number of amides is 1. The normalized spacial score (nSPS) is 22.1. The summed E-state index contributed by atoms with van der Waals surface area (Å²) in [6.07, 6.45) is 7.23. The lowest BCUT2D eigenvalue weighted by Gasteiger charge is -2.45. The van der Waals surface area contributed by atoms with Crippen LogP contribution in [0, 0.1) is 5.41 Å². The van der Waals surface area contributed by atoms with Gasteiger partial charge >= 0.3 is 0 Å². The van der Waals surface area contributed by atoms with Crippen LogP contribution in [-0.4, -0.2) is 56.9 Å². The minimum absolute atomic E-state index is 0.122. The molecule has 0 atom stereocenters. The van der Waals surface area contributed by atoms with E-state index in [0.717, 1.165) is 58.2 Å². The lowest BCUT2D eigenvalue weighted by atomic mass is 9.65. The summed E-state index contributed by atoms with van der Waals surface area (Å²) in [5, 5.41) is 0. The van der Waals surface area contributed by atoms with E-state index in [-0.39, 0.29) is 5.41 Å². The van der Waals surface area contributed by atoms with E-state index in [4.69, 9.17) is 15.2 Å². The lowest BCUT2D eigenvalue weighted by molar-refractivity contribution is -0.151. The number of nitrogens with zero attached hydrogens (tertiary/aromatic N) is 1. The van der Waals surface area contributed by atoms with E-state index in [1.54, 1.807) is 7.11 Å². The second-order valence-corrected chi connectivity index (χ2v) is 6.38. The van der Waals surface area contributed by atoms with Crippen LogP contribution < -0.4 is 5.73 Å². The van der Waals surface area contributed by atoms with Gasteiger partial charge in [-0.15, -0.1) is 0 Å². The summed E-state index contributed by atoms with van der Waals surface area (Å²) < 4.78 is 11.0. The molecule has 0 aromatic carbocycles. The minimum Gasteiger partial charge on any atom is -0.385 e. The van der Waals surface area contributed by atoms with Gasteiger partial charge in [-0.05, 0) is 45.1 Å². The first-order valence-electron chi connectivity index (χ1n) is 8.32. The molecule has 0 aromatic heterocycles. The minimum atomic E-state index is -0.122. The molecule has 2 aliphatic rings. The highest BCUT2D eigenvalue weighted by Gasteiger charge is 2.46. The van der Waals surface area contributed by atoms with Crippen molar-refractivity contribution in [2.75, 3.05) is 40.0 Å². The van der Waals surface area contributed by atoms with Gasteiger partial charge in [0.15, 0.2) is 0 Å². The van der Waals surface area contributed by atoms with E-state index in [1.165, 1.54) is 6.42 Å². The van der Waals surface area contributed by atoms with Gasteiger partial charge in [0.25, 0.3) is 0 Å². The Morgan fingerprint density at radius 3 is 2.52 bits per heavy atom. The van der Waals surface area contributed by atoms with Crippen molar-refractivity contribution in [3.05, 3.63) is 0 Å². The molecule has 0 bridgehead atoms. The highest BCUT2D eigenvalue weighted by atomic mass is 16.5. The molecular formula is C16H30N2O3. The van der Waals surface area contributed by atoms with Crippen LogP contribution in [0.3, 0.4) is 0 Å². The average molecular weight is 298 g/mol. The Morgan fingerprint density at radius 1 is 1.29 bits per heavy atom. The standard InChI is InChI=1S/C16H30N2O3/c1-20-13-8-16(6-2-7-16)15(19)18-10-4-14(5-11-18)21-12-3-9-17/h14H,2-13,17H2,1H3. The molecule has 0 radical (unpaired) electrons. The first kappa shape index (κ1) is 16.7. The number of ether oxygens (including phenoxy) is 2. The Bertz CT molecular complexity index is 323. The van der Waals surface area contributed by atoms with E-state index in [9.17, 15) is 4.79 Å². The summed E-state index contributed by atoms with van der Waals surface area (Å²) in [5.41, 5.74) is 5.35. The molecule has 1 heterocycles. The Labute approximate surface area is 128 Å². The van der Waals surface area contributed by atoms with Gasteiger partial charge in [-0.2, -0.15) is 0 Å². The van der Waals surface area contributed by atoms with Gasteiger partial charge in [-0.25, -0.2) is 0 Å².